The summed E-state index contributed by atoms with van der Waals surface area (Å²) in [5.74, 6) is -0.278. The molecule has 160 valence electrons. The van der Waals surface area contributed by atoms with Gasteiger partial charge in [0, 0.05) is 40.6 Å². The van der Waals surface area contributed by atoms with Crippen molar-refractivity contribution < 1.29 is 4.39 Å². The number of aromatic amines is 2. The molecular weight excluding hydrogens is 415 g/mol. The Kier molecular flexibility index (Phi) is 4.29. The van der Waals surface area contributed by atoms with E-state index in [1.165, 1.54) is 12.1 Å². The zero-order valence-electron chi connectivity index (χ0n) is 18.0. The third kappa shape index (κ3) is 3.25. The maximum Gasteiger partial charge on any atom is 0.135 e. The molecule has 2 N–H and O–H groups in total. The van der Waals surface area contributed by atoms with Crippen molar-refractivity contribution in [3.63, 3.8) is 0 Å². The Balaban J connectivity index is 1.52. The molecule has 7 heteroatoms. The smallest absolute Gasteiger partial charge is 0.135 e. The van der Waals surface area contributed by atoms with E-state index in [-0.39, 0.29) is 5.82 Å². The number of hydrogen-bond donors (Lipinski definition) is 2. The van der Waals surface area contributed by atoms with Crippen molar-refractivity contribution in [3.05, 3.63) is 84.1 Å². The van der Waals surface area contributed by atoms with Gasteiger partial charge in [-0.25, -0.2) is 9.37 Å². The van der Waals surface area contributed by atoms with Crippen LogP contribution in [0.3, 0.4) is 0 Å². The average Bonchev–Trinajstić information content (AvgIpc) is 3.42. The van der Waals surface area contributed by atoms with Crippen LogP contribution >= 0.6 is 0 Å². The Hall–Kier alpha value is -4.39. The molecule has 0 amide bonds. The molecule has 0 saturated carbocycles. The Morgan fingerprint density at radius 2 is 1.79 bits per heavy atom. The Morgan fingerprint density at radius 1 is 0.879 bits per heavy atom. The minimum Gasteiger partial charge on any atom is -0.353 e. The van der Waals surface area contributed by atoms with E-state index < -0.39 is 0 Å². The number of aryl methyl sites for hydroxylation is 2. The van der Waals surface area contributed by atoms with E-state index in [1.807, 2.05) is 56.4 Å². The molecule has 0 unspecified atom stereocenters. The van der Waals surface area contributed by atoms with Crippen molar-refractivity contribution in [2.75, 3.05) is 0 Å². The van der Waals surface area contributed by atoms with Crippen LogP contribution in [0.5, 0.6) is 0 Å². The van der Waals surface area contributed by atoms with Crippen LogP contribution < -0.4 is 0 Å². The predicted molar refractivity (Wildman–Crippen MR) is 127 cm³/mol. The molecule has 0 aliphatic rings. The van der Waals surface area contributed by atoms with Crippen molar-refractivity contribution in [1.82, 2.24) is 30.1 Å². The van der Waals surface area contributed by atoms with Crippen molar-refractivity contribution in [3.8, 4) is 33.9 Å². The van der Waals surface area contributed by atoms with Crippen molar-refractivity contribution in [1.29, 1.82) is 0 Å². The number of fused-ring (bicyclic) bond motifs is 2. The lowest BCUT2D eigenvalue weighted by atomic mass is 10.0. The first-order valence-corrected chi connectivity index (χ1v) is 10.6. The van der Waals surface area contributed by atoms with E-state index in [4.69, 9.17) is 4.98 Å². The number of rotatable bonds is 3. The van der Waals surface area contributed by atoms with Crippen LogP contribution in [0.1, 0.15) is 11.1 Å². The summed E-state index contributed by atoms with van der Waals surface area (Å²) in [5, 5.41) is 8.50. The van der Waals surface area contributed by atoms with Crippen molar-refractivity contribution >= 4 is 21.9 Å². The van der Waals surface area contributed by atoms with Gasteiger partial charge in [-0.15, -0.1) is 0 Å². The van der Waals surface area contributed by atoms with Gasteiger partial charge in [-0.2, -0.15) is 5.10 Å². The maximum absolute atomic E-state index is 14.1. The van der Waals surface area contributed by atoms with Gasteiger partial charge in [0.05, 0.1) is 22.6 Å². The van der Waals surface area contributed by atoms with E-state index in [2.05, 4.69) is 25.1 Å². The van der Waals surface area contributed by atoms with E-state index in [9.17, 15) is 4.39 Å². The molecule has 6 aromatic rings. The number of halogens is 1. The minimum absolute atomic E-state index is 0.278. The zero-order chi connectivity index (χ0) is 22.5. The normalized spacial score (nSPS) is 11.5. The number of pyridine rings is 3. The molecule has 33 heavy (non-hydrogen) atoms. The molecule has 0 atom stereocenters. The highest BCUT2D eigenvalue weighted by atomic mass is 19.1. The lowest BCUT2D eigenvalue weighted by Crippen LogP contribution is -1.89. The molecule has 0 bridgehead atoms. The van der Waals surface area contributed by atoms with Crippen LogP contribution in [0.2, 0.25) is 0 Å². The fourth-order valence-corrected chi connectivity index (χ4v) is 4.25. The summed E-state index contributed by atoms with van der Waals surface area (Å²) in [6.45, 7) is 3.91. The molecule has 1 aromatic carbocycles. The Morgan fingerprint density at radius 3 is 2.64 bits per heavy atom. The number of aromatic nitrogens is 6. The summed E-state index contributed by atoms with van der Waals surface area (Å²) in [6.07, 6.45) is 5.32. The van der Waals surface area contributed by atoms with Gasteiger partial charge in [0.25, 0.3) is 0 Å². The predicted octanol–water partition coefficient (Wildman–Crippen LogP) is 5.99. The van der Waals surface area contributed by atoms with E-state index in [0.717, 1.165) is 61.3 Å². The molecule has 5 heterocycles. The quantitative estimate of drug-likeness (QED) is 0.359. The highest BCUT2D eigenvalue weighted by Gasteiger charge is 2.16. The van der Waals surface area contributed by atoms with Crippen LogP contribution in [-0.4, -0.2) is 30.1 Å². The molecule has 0 spiro atoms. The summed E-state index contributed by atoms with van der Waals surface area (Å²) in [4.78, 5) is 17.1. The molecule has 0 saturated heterocycles. The van der Waals surface area contributed by atoms with Gasteiger partial charge in [0.2, 0.25) is 0 Å². The number of nitrogens with one attached hydrogen (secondary N) is 2. The van der Waals surface area contributed by atoms with Gasteiger partial charge in [-0.1, -0.05) is 0 Å². The van der Waals surface area contributed by atoms with Gasteiger partial charge in [-0.3, -0.25) is 15.1 Å². The van der Waals surface area contributed by atoms with Crippen molar-refractivity contribution in [2.24, 2.45) is 0 Å². The molecule has 0 aliphatic carbocycles. The Bertz CT molecular complexity index is 1640. The van der Waals surface area contributed by atoms with E-state index in [0.29, 0.717) is 5.69 Å². The summed E-state index contributed by atoms with van der Waals surface area (Å²) in [5.41, 5.74) is 9.26. The molecule has 0 radical (unpaired) electrons. The number of benzene rings is 1. The average molecular weight is 434 g/mol. The molecule has 5 aromatic heterocycles. The van der Waals surface area contributed by atoms with Crippen LogP contribution in [0.25, 0.3) is 55.8 Å². The molecule has 6 nitrogen and oxygen atoms in total. The minimum atomic E-state index is -0.278. The zero-order valence-corrected chi connectivity index (χ0v) is 18.0. The standard InChI is InChI=1S/C26H19FN6/c1-14-9-16(11-17(27)10-14)24-18-12-23(30-21(18)6-8-29-24)26-25-22(32-33-26)4-3-20(31-25)19-13-28-7-5-15(19)2/h3-13,30H,1-2H3,(H,32,33). The highest BCUT2D eigenvalue weighted by molar-refractivity contribution is 5.99. The van der Waals surface area contributed by atoms with Gasteiger partial charge in [0.15, 0.2) is 0 Å². The number of nitrogens with zero attached hydrogens (tertiary/aromatic N) is 4. The summed E-state index contributed by atoms with van der Waals surface area (Å²) in [7, 11) is 0. The third-order valence-electron chi connectivity index (χ3n) is 5.84. The SMILES string of the molecule is Cc1cc(F)cc(-c2nccc3[nH]c(-c4n[nH]c5ccc(-c6cnccc6C)nc45)cc23)c1. The summed E-state index contributed by atoms with van der Waals surface area (Å²) >= 11 is 0. The van der Waals surface area contributed by atoms with Gasteiger partial charge < -0.3 is 4.98 Å². The molecule has 0 aliphatic heterocycles. The maximum atomic E-state index is 14.1. The fraction of sp³-hybridized carbons (Fsp3) is 0.0769. The van der Waals surface area contributed by atoms with E-state index >= 15 is 0 Å². The molecule has 6 rings (SSSR count). The number of hydrogen-bond acceptors (Lipinski definition) is 4. The first-order valence-electron chi connectivity index (χ1n) is 10.6. The largest absolute Gasteiger partial charge is 0.353 e. The fourth-order valence-electron chi connectivity index (χ4n) is 4.25. The van der Waals surface area contributed by atoms with Crippen LogP contribution in [0, 0.1) is 19.7 Å². The first kappa shape index (κ1) is 19.3. The second kappa shape index (κ2) is 7.34. The number of H-pyrrole nitrogens is 2. The molecule has 0 fully saturated rings. The van der Waals surface area contributed by atoms with Crippen molar-refractivity contribution in [2.45, 2.75) is 13.8 Å². The van der Waals surface area contributed by atoms with E-state index in [1.54, 1.807) is 12.4 Å². The van der Waals surface area contributed by atoms with Gasteiger partial charge in [-0.05, 0) is 73.5 Å². The van der Waals surface area contributed by atoms with Gasteiger partial charge >= 0.3 is 0 Å². The second-order valence-electron chi connectivity index (χ2n) is 8.18. The Labute approximate surface area is 188 Å². The third-order valence-corrected chi connectivity index (χ3v) is 5.84. The topological polar surface area (TPSA) is 83.1 Å². The summed E-state index contributed by atoms with van der Waals surface area (Å²) < 4.78 is 14.1. The monoisotopic (exact) mass is 434 g/mol. The van der Waals surface area contributed by atoms with Crippen LogP contribution in [-0.2, 0) is 0 Å². The summed E-state index contributed by atoms with van der Waals surface area (Å²) in [6, 6.07) is 14.8. The highest BCUT2D eigenvalue weighted by Crippen LogP contribution is 2.33. The van der Waals surface area contributed by atoms with Crippen LogP contribution in [0.15, 0.2) is 67.1 Å². The molecular formula is C26H19FN6. The lowest BCUT2D eigenvalue weighted by Gasteiger charge is -2.04. The second-order valence-corrected chi connectivity index (χ2v) is 8.18. The van der Waals surface area contributed by atoms with Crippen LogP contribution in [0.4, 0.5) is 4.39 Å². The van der Waals surface area contributed by atoms with Gasteiger partial charge in [0.1, 0.15) is 17.0 Å². The first-order chi connectivity index (χ1) is 16.1. The lowest BCUT2D eigenvalue weighted by molar-refractivity contribution is 0.627.